The first-order chi connectivity index (χ1) is 3.88. The van der Waals surface area contributed by atoms with Crippen molar-refractivity contribution in [2.24, 2.45) is 11.8 Å². The minimum atomic E-state index is 0.412. The van der Waals surface area contributed by atoms with E-state index in [9.17, 15) is 4.79 Å². The van der Waals surface area contributed by atoms with Gasteiger partial charge in [-0.2, -0.15) is 0 Å². The number of carbonyl (C=O) groups is 1. The van der Waals surface area contributed by atoms with E-state index in [1.807, 2.05) is 0 Å². The fraction of sp³-hybridized carbons (Fsp3) is 0.571. The van der Waals surface area contributed by atoms with Crippen molar-refractivity contribution in [3.8, 4) is 0 Å². The third kappa shape index (κ3) is 0.347. The molecular formula is C7H8O. The molecule has 0 aliphatic heterocycles. The summed E-state index contributed by atoms with van der Waals surface area (Å²) in [4.78, 5) is 10.7. The Hall–Kier alpha value is -0.590. The van der Waals surface area contributed by atoms with Crippen LogP contribution in [0.1, 0.15) is 12.8 Å². The molecule has 8 heavy (non-hydrogen) atoms. The number of Topliss-reactive ketones (excluding diaryl/α,β-unsaturated/α-hetero) is 1. The molecule has 1 unspecified atom stereocenters. The van der Waals surface area contributed by atoms with Crippen molar-refractivity contribution in [3.05, 3.63) is 12.2 Å². The highest BCUT2D eigenvalue weighted by Gasteiger charge is 2.39. The lowest BCUT2D eigenvalue weighted by molar-refractivity contribution is -0.131. The van der Waals surface area contributed by atoms with Crippen molar-refractivity contribution in [1.82, 2.24) is 0 Å². The highest BCUT2D eigenvalue weighted by atomic mass is 16.1. The number of ketones is 1. The minimum Gasteiger partial charge on any atom is -0.299 e. The molecule has 0 N–H and O–H groups in total. The van der Waals surface area contributed by atoms with E-state index >= 15 is 0 Å². The van der Waals surface area contributed by atoms with Gasteiger partial charge in [-0.1, -0.05) is 12.2 Å². The Bertz CT molecular complexity index is 158. The van der Waals surface area contributed by atoms with Crippen molar-refractivity contribution >= 4 is 5.78 Å². The first kappa shape index (κ1) is 4.30. The van der Waals surface area contributed by atoms with Gasteiger partial charge in [0.2, 0.25) is 0 Å². The topological polar surface area (TPSA) is 17.1 Å². The summed E-state index contributed by atoms with van der Waals surface area (Å²) in [6.45, 7) is 0. The van der Waals surface area contributed by atoms with Gasteiger partial charge in [0.25, 0.3) is 0 Å². The minimum absolute atomic E-state index is 0.412. The summed E-state index contributed by atoms with van der Waals surface area (Å²) in [5.74, 6) is 1.53. The predicted molar refractivity (Wildman–Crippen MR) is 30.4 cm³/mol. The monoisotopic (exact) mass is 108 g/mol. The normalized spacial score (nSPS) is 41.8. The summed E-state index contributed by atoms with van der Waals surface area (Å²) in [5, 5.41) is 0. The summed E-state index contributed by atoms with van der Waals surface area (Å²) < 4.78 is 0. The Labute approximate surface area is 48.4 Å². The second-order valence-corrected chi connectivity index (χ2v) is 2.60. The lowest BCUT2D eigenvalue weighted by atomic mass is 9.75. The number of allylic oxidation sites excluding steroid dienone is 2. The molecule has 1 nitrogen and oxygen atoms in total. The Balaban J connectivity index is 2.19. The quantitative estimate of drug-likeness (QED) is 0.425. The maximum Gasteiger partial charge on any atom is 0.137 e. The maximum absolute atomic E-state index is 10.7. The van der Waals surface area contributed by atoms with Crippen LogP contribution in [0.15, 0.2) is 12.2 Å². The van der Waals surface area contributed by atoms with Crippen LogP contribution >= 0.6 is 0 Å². The maximum atomic E-state index is 10.7. The number of rotatable bonds is 0. The van der Waals surface area contributed by atoms with Gasteiger partial charge in [-0.3, -0.25) is 4.79 Å². The van der Waals surface area contributed by atoms with E-state index in [1.54, 1.807) is 0 Å². The summed E-state index contributed by atoms with van der Waals surface area (Å²) in [6, 6.07) is 0. The van der Waals surface area contributed by atoms with Crippen molar-refractivity contribution in [3.63, 3.8) is 0 Å². The van der Waals surface area contributed by atoms with Crippen LogP contribution in [0.25, 0.3) is 0 Å². The van der Waals surface area contributed by atoms with E-state index in [0.29, 0.717) is 17.6 Å². The van der Waals surface area contributed by atoms with Gasteiger partial charge in [0.15, 0.2) is 0 Å². The molecule has 0 aromatic rings. The van der Waals surface area contributed by atoms with Gasteiger partial charge >= 0.3 is 0 Å². The van der Waals surface area contributed by atoms with Crippen LogP contribution in [0.3, 0.4) is 0 Å². The summed E-state index contributed by atoms with van der Waals surface area (Å²) in [6.07, 6.45) is 6.14. The molecule has 0 radical (unpaired) electrons. The molecule has 1 saturated carbocycles. The second-order valence-electron chi connectivity index (χ2n) is 2.60. The summed E-state index contributed by atoms with van der Waals surface area (Å²) >= 11 is 0. The van der Waals surface area contributed by atoms with Crippen LogP contribution < -0.4 is 0 Å². The number of hydrogen-bond donors (Lipinski definition) is 0. The van der Waals surface area contributed by atoms with Crippen molar-refractivity contribution in [1.29, 1.82) is 0 Å². The molecule has 0 saturated heterocycles. The number of carbonyl (C=O) groups excluding carboxylic acids is 1. The summed E-state index contributed by atoms with van der Waals surface area (Å²) in [7, 11) is 0. The van der Waals surface area contributed by atoms with Gasteiger partial charge in [-0.15, -0.1) is 0 Å². The van der Waals surface area contributed by atoms with E-state index in [1.165, 1.54) is 0 Å². The van der Waals surface area contributed by atoms with Crippen molar-refractivity contribution in [2.75, 3.05) is 0 Å². The van der Waals surface area contributed by atoms with Crippen LogP contribution in [0.5, 0.6) is 0 Å². The molecule has 2 atom stereocenters. The Kier molecular flexibility index (Phi) is 0.655. The van der Waals surface area contributed by atoms with Crippen LogP contribution in [0.4, 0.5) is 0 Å². The van der Waals surface area contributed by atoms with E-state index in [4.69, 9.17) is 0 Å². The average Bonchev–Trinajstić information content (AvgIpc) is 2.09. The zero-order valence-electron chi connectivity index (χ0n) is 4.63. The first-order valence-corrected chi connectivity index (χ1v) is 3.07. The SMILES string of the molecule is O=C1CC2C=CC[C@H]12. The molecule has 42 valence electrons. The third-order valence-corrected chi connectivity index (χ3v) is 2.14. The highest BCUT2D eigenvalue weighted by Crippen LogP contribution is 2.38. The van der Waals surface area contributed by atoms with E-state index in [0.717, 1.165) is 12.8 Å². The zero-order chi connectivity index (χ0) is 5.56. The molecule has 2 aliphatic rings. The van der Waals surface area contributed by atoms with Crippen LogP contribution in [-0.2, 0) is 4.79 Å². The molecule has 0 aromatic heterocycles. The van der Waals surface area contributed by atoms with E-state index in [2.05, 4.69) is 12.2 Å². The van der Waals surface area contributed by atoms with Gasteiger partial charge < -0.3 is 0 Å². The first-order valence-electron chi connectivity index (χ1n) is 3.07. The highest BCUT2D eigenvalue weighted by molar-refractivity contribution is 5.88. The van der Waals surface area contributed by atoms with E-state index < -0.39 is 0 Å². The molecule has 1 heteroatoms. The fourth-order valence-electron chi connectivity index (χ4n) is 1.51. The van der Waals surface area contributed by atoms with Gasteiger partial charge in [-0.05, 0) is 12.3 Å². The van der Waals surface area contributed by atoms with Crippen LogP contribution in [0, 0.1) is 11.8 Å². The van der Waals surface area contributed by atoms with Crippen LogP contribution in [0.2, 0.25) is 0 Å². The van der Waals surface area contributed by atoms with Gasteiger partial charge in [0.05, 0.1) is 0 Å². The molecule has 0 spiro atoms. The van der Waals surface area contributed by atoms with Crippen molar-refractivity contribution in [2.45, 2.75) is 12.8 Å². The summed E-state index contributed by atoms with van der Waals surface area (Å²) in [5.41, 5.74) is 0. The standard InChI is InChI=1S/C7H8O/c8-7-4-5-2-1-3-6(5)7/h1-2,5-6H,3-4H2/t5?,6-/m0/s1. The zero-order valence-corrected chi connectivity index (χ0v) is 4.63. The molecule has 0 aromatic carbocycles. The van der Waals surface area contributed by atoms with Gasteiger partial charge in [0, 0.05) is 12.3 Å². The molecular weight excluding hydrogens is 100 g/mol. The Morgan fingerprint density at radius 1 is 1.62 bits per heavy atom. The lowest BCUT2D eigenvalue weighted by Gasteiger charge is -2.27. The fourth-order valence-corrected chi connectivity index (χ4v) is 1.51. The molecule has 2 aliphatic carbocycles. The number of hydrogen-bond acceptors (Lipinski definition) is 1. The van der Waals surface area contributed by atoms with E-state index in [-0.39, 0.29) is 0 Å². The number of fused-ring (bicyclic) bond motifs is 1. The Morgan fingerprint density at radius 3 is 3.00 bits per heavy atom. The van der Waals surface area contributed by atoms with Gasteiger partial charge in [0.1, 0.15) is 5.78 Å². The molecule has 1 fully saturated rings. The third-order valence-electron chi connectivity index (χ3n) is 2.14. The molecule has 0 amide bonds. The van der Waals surface area contributed by atoms with Crippen molar-refractivity contribution < 1.29 is 4.79 Å². The van der Waals surface area contributed by atoms with Gasteiger partial charge in [-0.25, -0.2) is 0 Å². The predicted octanol–water partition coefficient (Wildman–Crippen LogP) is 1.15. The average molecular weight is 108 g/mol. The molecule has 0 bridgehead atoms. The lowest BCUT2D eigenvalue weighted by Crippen LogP contribution is -2.32. The van der Waals surface area contributed by atoms with Crippen LogP contribution in [-0.4, -0.2) is 5.78 Å². The smallest absolute Gasteiger partial charge is 0.137 e. The largest absolute Gasteiger partial charge is 0.299 e. The molecule has 0 heterocycles. The Morgan fingerprint density at radius 2 is 2.50 bits per heavy atom. The second kappa shape index (κ2) is 1.22. The molecule has 2 rings (SSSR count).